The van der Waals surface area contributed by atoms with Crippen LogP contribution in [0.15, 0.2) is 24.4 Å². The van der Waals surface area contributed by atoms with Crippen molar-refractivity contribution in [1.82, 2.24) is 15.0 Å². The van der Waals surface area contributed by atoms with Gasteiger partial charge < -0.3 is 10.1 Å². The fourth-order valence-electron chi connectivity index (χ4n) is 1.12. The second kappa shape index (κ2) is 3.77. The molecular weight excluding hydrogens is 202 g/mol. The van der Waals surface area contributed by atoms with E-state index in [1.165, 1.54) is 0 Å². The van der Waals surface area contributed by atoms with Gasteiger partial charge in [-0.2, -0.15) is 0 Å². The van der Waals surface area contributed by atoms with Gasteiger partial charge in [-0.05, 0) is 12.1 Å². The van der Waals surface area contributed by atoms with E-state index in [0.717, 1.165) is 0 Å². The molecule has 0 fully saturated rings. The molecule has 14 heavy (non-hydrogen) atoms. The highest BCUT2D eigenvalue weighted by Gasteiger charge is 2.08. The molecule has 2 heterocycles. The van der Waals surface area contributed by atoms with Crippen molar-refractivity contribution in [2.45, 2.75) is 6.61 Å². The number of halogens is 1. The SMILES string of the molecule is OCc1[nH]c(-c2ccccn2)nc1Cl. The van der Waals surface area contributed by atoms with Crippen LogP contribution in [0.2, 0.25) is 5.15 Å². The second-order valence-corrected chi connectivity index (χ2v) is 3.09. The molecule has 0 radical (unpaired) electrons. The van der Waals surface area contributed by atoms with Gasteiger partial charge in [0.2, 0.25) is 0 Å². The van der Waals surface area contributed by atoms with Gasteiger partial charge in [0, 0.05) is 6.20 Å². The van der Waals surface area contributed by atoms with Crippen LogP contribution in [-0.4, -0.2) is 20.1 Å². The molecule has 5 heteroatoms. The van der Waals surface area contributed by atoms with Gasteiger partial charge in [-0.3, -0.25) is 4.98 Å². The summed E-state index contributed by atoms with van der Waals surface area (Å²) in [4.78, 5) is 11.0. The first kappa shape index (κ1) is 9.18. The first-order chi connectivity index (χ1) is 6.81. The molecule has 0 saturated heterocycles. The average molecular weight is 210 g/mol. The summed E-state index contributed by atoms with van der Waals surface area (Å²) in [5.41, 5.74) is 1.21. The normalized spacial score (nSPS) is 10.4. The van der Waals surface area contributed by atoms with Gasteiger partial charge in [-0.15, -0.1) is 0 Å². The summed E-state index contributed by atoms with van der Waals surface area (Å²) in [6.07, 6.45) is 1.67. The first-order valence-corrected chi connectivity index (χ1v) is 4.45. The molecule has 0 atom stereocenters. The van der Waals surface area contributed by atoms with Gasteiger partial charge in [-0.25, -0.2) is 4.98 Å². The molecule has 0 saturated carbocycles. The second-order valence-electron chi connectivity index (χ2n) is 2.73. The van der Waals surface area contributed by atoms with Crippen LogP contribution in [0, 0.1) is 0 Å². The van der Waals surface area contributed by atoms with E-state index in [2.05, 4.69) is 15.0 Å². The van der Waals surface area contributed by atoms with Crippen LogP contribution in [0.4, 0.5) is 0 Å². The van der Waals surface area contributed by atoms with Gasteiger partial charge >= 0.3 is 0 Å². The highest BCUT2D eigenvalue weighted by molar-refractivity contribution is 6.30. The standard InChI is InChI=1S/C9H8ClN3O/c10-8-7(5-14)12-9(13-8)6-3-1-2-4-11-6/h1-4,14H,5H2,(H,12,13). The van der Waals surface area contributed by atoms with E-state index in [1.807, 2.05) is 18.2 Å². The largest absolute Gasteiger partial charge is 0.390 e. The maximum Gasteiger partial charge on any atom is 0.158 e. The Morgan fingerprint density at radius 3 is 2.86 bits per heavy atom. The quantitative estimate of drug-likeness (QED) is 0.790. The van der Waals surface area contributed by atoms with Gasteiger partial charge in [0.1, 0.15) is 5.69 Å². The molecule has 0 amide bonds. The number of nitrogens with zero attached hydrogens (tertiary/aromatic N) is 2. The van der Waals surface area contributed by atoms with E-state index in [1.54, 1.807) is 6.20 Å². The Kier molecular flexibility index (Phi) is 2.47. The lowest BCUT2D eigenvalue weighted by atomic mass is 10.3. The van der Waals surface area contributed by atoms with E-state index < -0.39 is 0 Å². The molecule has 0 spiro atoms. The lowest BCUT2D eigenvalue weighted by Gasteiger charge is -1.92. The zero-order valence-corrected chi connectivity index (χ0v) is 7.99. The lowest BCUT2D eigenvalue weighted by Crippen LogP contribution is -1.85. The molecule has 4 nitrogen and oxygen atoms in total. The minimum Gasteiger partial charge on any atom is -0.390 e. The topological polar surface area (TPSA) is 61.8 Å². The maximum atomic E-state index is 8.90. The Bertz CT molecular complexity index is 427. The average Bonchev–Trinajstić information content (AvgIpc) is 2.61. The monoisotopic (exact) mass is 209 g/mol. The molecule has 2 aromatic rings. The summed E-state index contributed by atoms with van der Waals surface area (Å²) in [5.74, 6) is 0.569. The predicted octanol–water partition coefficient (Wildman–Crippen LogP) is 1.62. The fraction of sp³-hybridized carbons (Fsp3) is 0.111. The molecule has 2 rings (SSSR count). The van der Waals surface area contributed by atoms with Crippen LogP contribution in [0.1, 0.15) is 5.69 Å². The van der Waals surface area contributed by atoms with Crippen molar-refractivity contribution in [3.8, 4) is 11.5 Å². The fourth-order valence-corrected chi connectivity index (χ4v) is 1.31. The summed E-state index contributed by atoms with van der Waals surface area (Å²) in [7, 11) is 0. The zero-order valence-electron chi connectivity index (χ0n) is 7.24. The van der Waals surface area contributed by atoms with Crippen LogP contribution in [0.3, 0.4) is 0 Å². The Labute approximate surface area is 85.6 Å². The van der Waals surface area contributed by atoms with Crippen LogP contribution in [-0.2, 0) is 6.61 Å². The highest BCUT2D eigenvalue weighted by atomic mass is 35.5. The third kappa shape index (κ3) is 1.62. The summed E-state index contributed by atoms with van der Waals surface area (Å²) >= 11 is 5.76. The minimum absolute atomic E-state index is 0.154. The van der Waals surface area contributed by atoms with E-state index in [4.69, 9.17) is 16.7 Å². The number of imidazole rings is 1. The molecule has 0 unspecified atom stereocenters. The molecule has 0 aliphatic carbocycles. The number of pyridine rings is 1. The lowest BCUT2D eigenvalue weighted by molar-refractivity contribution is 0.277. The van der Waals surface area contributed by atoms with Crippen molar-refractivity contribution in [2.75, 3.05) is 0 Å². The highest BCUT2D eigenvalue weighted by Crippen LogP contribution is 2.19. The Hall–Kier alpha value is -1.39. The number of rotatable bonds is 2. The van der Waals surface area contributed by atoms with Gasteiger partial charge in [-0.1, -0.05) is 17.7 Å². The number of aliphatic hydroxyl groups is 1. The molecule has 72 valence electrons. The third-order valence-corrected chi connectivity index (χ3v) is 2.11. The third-order valence-electron chi connectivity index (χ3n) is 1.79. The Morgan fingerprint density at radius 2 is 2.29 bits per heavy atom. The Morgan fingerprint density at radius 1 is 1.43 bits per heavy atom. The van der Waals surface area contributed by atoms with Crippen molar-refractivity contribution in [1.29, 1.82) is 0 Å². The number of H-pyrrole nitrogens is 1. The number of hydrogen-bond acceptors (Lipinski definition) is 3. The summed E-state index contributed by atoms with van der Waals surface area (Å²) < 4.78 is 0. The van der Waals surface area contributed by atoms with Crippen LogP contribution in [0.25, 0.3) is 11.5 Å². The smallest absolute Gasteiger partial charge is 0.158 e. The Balaban J connectivity index is 2.43. The van der Waals surface area contributed by atoms with Gasteiger partial charge in [0.05, 0.1) is 12.3 Å². The van der Waals surface area contributed by atoms with Crippen molar-refractivity contribution in [3.63, 3.8) is 0 Å². The first-order valence-electron chi connectivity index (χ1n) is 4.08. The van der Waals surface area contributed by atoms with E-state index in [-0.39, 0.29) is 11.8 Å². The minimum atomic E-state index is -0.154. The predicted molar refractivity (Wildman–Crippen MR) is 52.8 cm³/mol. The molecule has 0 bridgehead atoms. The van der Waals surface area contributed by atoms with Crippen LogP contribution in [0.5, 0.6) is 0 Å². The zero-order chi connectivity index (χ0) is 9.97. The molecule has 2 aromatic heterocycles. The summed E-state index contributed by atoms with van der Waals surface area (Å²) in [6.45, 7) is -0.154. The molecule has 0 aliphatic heterocycles. The maximum absolute atomic E-state index is 8.90. The summed E-state index contributed by atoms with van der Waals surface area (Å²) in [6, 6.07) is 5.49. The number of aliphatic hydroxyl groups excluding tert-OH is 1. The molecule has 0 aromatic carbocycles. The van der Waals surface area contributed by atoms with Crippen molar-refractivity contribution in [2.24, 2.45) is 0 Å². The number of hydrogen-bond donors (Lipinski definition) is 2. The van der Waals surface area contributed by atoms with Crippen molar-refractivity contribution >= 4 is 11.6 Å². The number of aromatic nitrogens is 3. The van der Waals surface area contributed by atoms with Crippen molar-refractivity contribution in [3.05, 3.63) is 35.2 Å². The van der Waals surface area contributed by atoms with E-state index >= 15 is 0 Å². The van der Waals surface area contributed by atoms with E-state index in [0.29, 0.717) is 17.2 Å². The molecular formula is C9H8ClN3O. The van der Waals surface area contributed by atoms with Crippen LogP contribution >= 0.6 is 11.6 Å². The van der Waals surface area contributed by atoms with Gasteiger partial charge in [0.25, 0.3) is 0 Å². The van der Waals surface area contributed by atoms with Crippen LogP contribution < -0.4 is 0 Å². The van der Waals surface area contributed by atoms with E-state index in [9.17, 15) is 0 Å². The number of aromatic amines is 1. The van der Waals surface area contributed by atoms with Crippen molar-refractivity contribution < 1.29 is 5.11 Å². The van der Waals surface area contributed by atoms with Gasteiger partial charge in [0.15, 0.2) is 11.0 Å². The molecule has 0 aliphatic rings. The number of nitrogens with one attached hydrogen (secondary N) is 1. The molecule has 2 N–H and O–H groups in total. The summed E-state index contributed by atoms with van der Waals surface area (Å²) in [5, 5.41) is 9.19.